The Balaban J connectivity index is 1.42. The summed E-state index contributed by atoms with van der Waals surface area (Å²) in [5, 5.41) is 17.1. The third-order valence-electron chi connectivity index (χ3n) is 6.52. The number of fused-ring (bicyclic) bond motifs is 2. The summed E-state index contributed by atoms with van der Waals surface area (Å²) in [5.74, 6) is 1.85. The van der Waals surface area contributed by atoms with Gasteiger partial charge in [-0.25, -0.2) is 4.98 Å². The van der Waals surface area contributed by atoms with Crippen molar-refractivity contribution in [3.63, 3.8) is 0 Å². The summed E-state index contributed by atoms with van der Waals surface area (Å²) in [6.07, 6.45) is 0.844. The van der Waals surface area contributed by atoms with Crippen LogP contribution in [0.1, 0.15) is 17.4 Å². The lowest BCUT2D eigenvalue weighted by molar-refractivity contribution is 0.209. The van der Waals surface area contributed by atoms with Crippen LogP contribution in [0.15, 0.2) is 42.6 Å². The normalized spacial score (nSPS) is 18.0. The van der Waals surface area contributed by atoms with Gasteiger partial charge in [-0.15, -0.1) is 0 Å². The van der Waals surface area contributed by atoms with E-state index in [2.05, 4.69) is 44.6 Å². The lowest BCUT2D eigenvalue weighted by atomic mass is 10.1. The van der Waals surface area contributed by atoms with Crippen molar-refractivity contribution in [2.24, 2.45) is 0 Å². The molecule has 3 N–H and O–H groups in total. The van der Waals surface area contributed by atoms with Crippen LogP contribution in [0.25, 0.3) is 0 Å². The van der Waals surface area contributed by atoms with Crippen LogP contribution < -0.4 is 25.2 Å². The summed E-state index contributed by atoms with van der Waals surface area (Å²) >= 11 is 0. The lowest BCUT2D eigenvalue weighted by Crippen LogP contribution is -2.44. The number of ether oxygens (including phenoxy) is 1. The fraction of sp³-hybridized carbons (Fsp3) is 0.360. The molecule has 1 fully saturated rings. The fourth-order valence-electron chi connectivity index (χ4n) is 4.49. The number of hydrogen-bond acceptors (Lipinski definition) is 9. The van der Waals surface area contributed by atoms with E-state index >= 15 is 0 Å². The van der Waals surface area contributed by atoms with Crippen LogP contribution in [-0.4, -0.2) is 67.4 Å². The number of likely N-dealkylation sites (N-methyl/N-ethyl adjacent to an activating group) is 1. The number of rotatable bonds is 4. The van der Waals surface area contributed by atoms with E-state index in [-0.39, 0.29) is 0 Å². The molecule has 3 aromatic rings. The van der Waals surface area contributed by atoms with E-state index in [1.54, 1.807) is 13.3 Å². The molecule has 3 heterocycles. The molecule has 1 saturated heterocycles. The molecule has 0 spiro atoms. The molecule has 0 radical (unpaired) electrons. The van der Waals surface area contributed by atoms with Gasteiger partial charge in [0.2, 0.25) is 5.95 Å². The van der Waals surface area contributed by atoms with Gasteiger partial charge in [0, 0.05) is 56.2 Å². The van der Waals surface area contributed by atoms with Crippen LogP contribution >= 0.6 is 0 Å². The zero-order valence-electron chi connectivity index (χ0n) is 20.0. The summed E-state index contributed by atoms with van der Waals surface area (Å²) in [4.78, 5) is 15.9. The predicted octanol–water partition coefficient (Wildman–Crippen LogP) is 3.47. The number of aryl methyl sites for hydroxylation is 1. The van der Waals surface area contributed by atoms with Gasteiger partial charge in [0.05, 0.1) is 24.7 Å². The maximum absolute atomic E-state index is 10.7. The van der Waals surface area contributed by atoms with Crippen molar-refractivity contribution in [1.29, 1.82) is 0 Å². The minimum atomic E-state index is -0.844. The number of anilines is 6. The number of aliphatic hydroxyl groups is 1. The smallest absolute Gasteiger partial charge is 0.229 e. The van der Waals surface area contributed by atoms with Gasteiger partial charge in [-0.05, 0) is 38.2 Å². The molecule has 0 bridgehead atoms. The van der Waals surface area contributed by atoms with Gasteiger partial charge in [-0.1, -0.05) is 11.6 Å². The molecule has 5 rings (SSSR count). The Hall–Kier alpha value is -3.56. The van der Waals surface area contributed by atoms with Crippen molar-refractivity contribution in [3.8, 4) is 5.75 Å². The Kier molecular flexibility index (Phi) is 5.89. The first-order chi connectivity index (χ1) is 16.4. The molecule has 9 heteroatoms. The highest BCUT2D eigenvalue weighted by atomic mass is 16.5. The highest BCUT2D eigenvalue weighted by molar-refractivity contribution is 5.78. The van der Waals surface area contributed by atoms with Crippen molar-refractivity contribution >= 4 is 34.5 Å². The maximum atomic E-state index is 10.7. The summed E-state index contributed by atoms with van der Waals surface area (Å²) in [6.45, 7) is 6.09. The Bertz CT molecular complexity index is 1190. The third kappa shape index (κ3) is 4.20. The van der Waals surface area contributed by atoms with E-state index in [1.807, 2.05) is 43.1 Å². The van der Waals surface area contributed by atoms with Gasteiger partial charge in [-0.2, -0.15) is 4.98 Å². The van der Waals surface area contributed by atoms with Gasteiger partial charge >= 0.3 is 0 Å². The minimum Gasteiger partial charge on any atom is -0.494 e. The quantitative estimate of drug-likeness (QED) is 0.540. The fourth-order valence-corrected chi connectivity index (χ4v) is 4.49. The molecule has 2 aromatic carbocycles. The number of benzene rings is 2. The molecule has 9 nitrogen and oxygen atoms in total. The van der Waals surface area contributed by atoms with Gasteiger partial charge in [0.25, 0.3) is 0 Å². The van der Waals surface area contributed by atoms with E-state index in [4.69, 9.17) is 9.72 Å². The molecule has 0 amide bonds. The van der Waals surface area contributed by atoms with Crippen molar-refractivity contribution < 1.29 is 9.84 Å². The molecular formula is C25H31N7O2. The number of aromatic nitrogens is 2. The van der Waals surface area contributed by atoms with Crippen molar-refractivity contribution in [2.75, 3.05) is 67.8 Å². The topological polar surface area (TPSA) is 89.0 Å². The van der Waals surface area contributed by atoms with Crippen LogP contribution in [0, 0.1) is 6.92 Å². The first-order valence-corrected chi connectivity index (χ1v) is 11.5. The zero-order valence-corrected chi connectivity index (χ0v) is 20.0. The van der Waals surface area contributed by atoms with Crippen molar-refractivity contribution in [3.05, 3.63) is 53.7 Å². The Morgan fingerprint density at radius 1 is 1.09 bits per heavy atom. The largest absolute Gasteiger partial charge is 0.494 e. The van der Waals surface area contributed by atoms with Crippen LogP contribution in [0.3, 0.4) is 0 Å². The predicted molar refractivity (Wildman–Crippen MR) is 136 cm³/mol. The number of nitrogens with zero attached hydrogens (tertiary/aromatic N) is 5. The van der Waals surface area contributed by atoms with Gasteiger partial charge in [0.15, 0.2) is 12.0 Å². The lowest BCUT2D eigenvalue weighted by Gasteiger charge is -2.34. The minimum absolute atomic E-state index is 0.447. The molecule has 2 aliphatic rings. The molecular weight excluding hydrogens is 430 g/mol. The second-order valence-electron chi connectivity index (χ2n) is 8.90. The van der Waals surface area contributed by atoms with E-state index < -0.39 is 6.23 Å². The molecule has 0 saturated carbocycles. The summed E-state index contributed by atoms with van der Waals surface area (Å²) in [5.41, 5.74) is 5.37. The van der Waals surface area contributed by atoms with Crippen molar-refractivity contribution in [2.45, 2.75) is 13.2 Å². The van der Waals surface area contributed by atoms with E-state index in [1.165, 1.54) is 0 Å². The van der Waals surface area contributed by atoms with Crippen LogP contribution in [0.2, 0.25) is 0 Å². The first kappa shape index (κ1) is 22.2. The van der Waals surface area contributed by atoms with Gasteiger partial charge in [-0.3, -0.25) is 0 Å². The second-order valence-corrected chi connectivity index (χ2v) is 8.90. The number of piperazine rings is 1. The maximum Gasteiger partial charge on any atom is 0.229 e. The highest BCUT2D eigenvalue weighted by Crippen LogP contribution is 2.40. The number of methoxy groups -OCH3 is 1. The summed E-state index contributed by atoms with van der Waals surface area (Å²) < 4.78 is 5.68. The molecule has 2 aliphatic heterocycles. The van der Waals surface area contributed by atoms with E-state index in [9.17, 15) is 5.11 Å². The van der Waals surface area contributed by atoms with E-state index in [0.717, 1.165) is 60.1 Å². The Labute approximate surface area is 200 Å². The van der Waals surface area contributed by atoms with Crippen LogP contribution in [0.5, 0.6) is 5.75 Å². The third-order valence-corrected chi connectivity index (χ3v) is 6.52. The number of hydrogen-bond donors (Lipinski definition) is 3. The van der Waals surface area contributed by atoms with Crippen LogP contribution in [0.4, 0.5) is 34.5 Å². The standard InChI is InChI=1S/C25H31N7O2/c1-16-5-8-21-18(13-16)24(33)27-20-15-26-25(29-23(20)31(21)3)28-19-7-6-17(14-22(19)34-4)32-11-9-30(2)10-12-32/h5-8,13-15,24,27,33H,9-12H2,1-4H3,(H,26,28,29). The molecule has 1 unspecified atom stereocenters. The monoisotopic (exact) mass is 461 g/mol. The van der Waals surface area contributed by atoms with Crippen LogP contribution in [-0.2, 0) is 0 Å². The van der Waals surface area contributed by atoms with Crippen molar-refractivity contribution in [1.82, 2.24) is 14.9 Å². The molecule has 34 heavy (non-hydrogen) atoms. The SMILES string of the molecule is COc1cc(N2CCN(C)CC2)ccc1Nc1ncc2c(n1)N(C)c1ccc(C)cc1C(O)N2. The average molecular weight is 462 g/mol. The van der Waals surface area contributed by atoms with E-state index in [0.29, 0.717) is 17.5 Å². The summed E-state index contributed by atoms with van der Waals surface area (Å²) in [6, 6.07) is 12.2. The number of nitrogens with one attached hydrogen (secondary N) is 2. The summed E-state index contributed by atoms with van der Waals surface area (Å²) in [7, 11) is 5.76. The van der Waals surface area contributed by atoms with Gasteiger partial charge < -0.3 is 35.2 Å². The second kappa shape index (κ2) is 9.00. The molecule has 1 aromatic heterocycles. The average Bonchev–Trinajstić information content (AvgIpc) is 2.94. The highest BCUT2D eigenvalue weighted by Gasteiger charge is 2.25. The van der Waals surface area contributed by atoms with Gasteiger partial charge in [0.1, 0.15) is 5.75 Å². The Morgan fingerprint density at radius 3 is 2.65 bits per heavy atom. The Morgan fingerprint density at radius 2 is 1.88 bits per heavy atom. The first-order valence-electron chi connectivity index (χ1n) is 11.5. The zero-order chi connectivity index (χ0) is 23.8. The molecule has 178 valence electrons. The molecule has 1 atom stereocenters. The number of aliphatic hydroxyl groups excluding tert-OH is 1. The molecule has 0 aliphatic carbocycles.